The summed E-state index contributed by atoms with van der Waals surface area (Å²) in [6.07, 6.45) is 2.18. The molecular formula is C17H24N2O3. The van der Waals surface area contributed by atoms with E-state index in [2.05, 4.69) is 6.07 Å². The van der Waals surface area contributed by atoms with Gasteiger partial charge in [0.2, 0.25) is 5.91 Å². The van der Waals surface area contributed by atoms with Crippen LogP contribution in [0, 0.1) is 0 Å². The minimum absolute atomic E-state index is 0.162. The average molecular weight is 304 g/mol. The largest absolute Gasteiger partial charge is 0.465 e. The van der Waals surface area contributed by atoms with Gasteiger partial charge in [0.15, 0.2) is 0 Å². The Morgan fingerprint density at radius 3 is 2.86 bits per heavy atom. The van der Waals surface area contributed by atoms with Crippen molar-refractivity contribution in [1.29, 1.82) is 0 Å². The van der Waals surface area contributed by atoms with Crippen molar-refractivity contribution in [3.8, 4) is 0 Å². The van der Waals surface area contributed by atoms with Crippen LogP contribution in [0.5, 0.6) is 0 Å². The van der Waals surface area contributed by atoms with Crippen molar-refractivity contribution in [2.24, 2.45) is 0 Å². The zero-order valence-electron chi connectivity index (χ0n) is 13.4. The van der Waals surface area contributed by atoms with E-state index in [9.17, 15) is 9.59 Å². The molecule has 1 aromatic carbocycles. The fourth-order valence-electron chi connectivity index (χ4n) is 2.74. The lowest BCUT2D eigenvalue weighted by molar-refractivity contribution is -0.144. The van der Waals surface area contributed by atoms with Crippen LogP contribution in [-0.2, 0) is 20.7 Å². The first-order chi connectivity index (χ1) is 10.6. The minimum Gasteiger partial charge on any atom is -0.465 e. The molecule has 1 heterocycles. The summed E-state index contributed by atoms with van der Waals surface area (Å²) in [4.78, 5) is 27.5. The molecule has 0 atom stereocenters. The van der Waals surface area contributed by atoms with Crippen LogP contribution in [0.4, 0.5) is 5.69 Å². The molecular weight excluding hydrogens is 280 g/mol. The number of para-hydroxylation sites is 1. The number of fused-ring (bicyclic) bond motifs is 1. The molecule has 0 fully saturated rings. The highest BCUT2D eigenvalue weighted by Crippen LogP contribution is 2.27. The van der Waals surface area contributed by atoms with Crippen LogP contribution in [0.2, 0.25) is 0 Å². The average Bonchev–Trinajstić information content (AvgIpc) is 2.91. The number of carbonyl (C=O) groups is 2. The number of nitrogens with zero attached hydrogens (tertiary/aromatic N) is 2. The fraction of sp³-hybridized carbons (Fsp3) is 0.529. The molecule has 0 saturated carbocycles. The number of hydrogen-bond donors (Lipinski definition) is 0. The Balaban J connectivity index is 1.74. The Labute approximate surface area is 131 Å². The van der Waals surface area contributed by atoms with Crippen molar-refractivity contribution in [3.63, 3.8) is 0 Å². The maximum atomic E-state index is 12.3. The van der Waals surface area contributed by atoms with Gasteiger partial charge in [-0.15, -0.1) is 0 Å². The first-order valence-corrected chi connectivity index (χ1v) is 7.84. The monoisotopic (exact) mass is 304 g/mol. The van der Waals surface area contributed by atoms with E-state index in [0.717, 1.165) is 25.1 Å². The molecule has 120 valence electrons. The number of esters is 1. The van der Waals surface area contributed by atoms with Crippen molar-refractivity contribution in [1.82, 2.24) is 4.90 Å². The second-order valence-corrected chi connectivity index (χ2v) is 5.57. The smallest absolute Gasteiger partial charge is 0.320 e. The highest BCUT2D eigenvalue weighted by Gasteiger charge is 2.23. The Bertz CT molecular complexity index is 530. The summed E-state index contributed by atoms with van der Waals surface area (Å²) in [6, 6.07) is 8.07. The molecule has 0 unspecified atom stereocenters. The molecule has 0 N–H and O–H groups in total. The third kappa shape index (κ3) is 4.31. The Morgan fingerprint density at radius 1 is 1.32 bits per heavy atom. The summed E-state index contributed by atoms with van der Waals surface area (Å²) in [6.45, 7) is 3.95. The van der Waals surface area contributed by atoms with Gasteiger partial charge in [-0.1, -0.05) is 18.2 Å². The van der Waals surface area contributed by atoms with Crippen molar-refractivity contribution >= 4 is 17.6 Å². The lowest BCUT2D eigenvalue weighted by atomic mass is 10.2. The van der Waals surface area contributed by atoms with E-state index in [-0.39, 0.29) is 18.4 Å². The number of anilines is 1. The number of hydrogen-bond acceptors (Lipinski definition) is 4. The summed E-state index contributed by atoms with van der Waals surface area (Å²) in [7, 11) is 1.87. The normalized spacial score (nSPS) is 13.3. The predicted octanol–water partition coefficient (Wildman–Crippen LogP) is 1.85. The van der Waals surface area contributed by atoms with Gasteiger partial charge < -0.3 is 9.64 Å². The lowest BCUT2D eigenvalue weighted by Crippen LogP contribution is -2.31. The number of rotatable bonds is 7. The molecule has 1 amide bonds. The summed E-state index contributed by atoms with van der Waals surface area (Å²) in [5, 5.41) is 0. The van der Waals surface area contributed by atoms with E-state index in [0.29, 0.717) is 19.6 Å². The van der Waals surface area contributed by atoms with Crippen LogP contribution in [0.3, 0.4) is 0 Å². The Kier molecular flexibility index (Phi) is 5.95. The Morgan fingerprint density at radius 2 is 2.09 bits per heavy atom. The molecule has 22 heavy (non-hydrogen) atoms. The van der Waals surface area contributed by atoms with Gasteiger partial charge in [0.1, 0.15) is 0 Å². The van der Waals surface area contributed by atoms with Crippen molar-refractivity contribution in [2.75, 3.05) is 38.2 Å². The quantitative estimate of drug-likeness (QED) is 0.721. The number of amides is 1. The van der Waals surface area contributed by atoms with E-state index in [1.165, 1.54) is 5.56 Å². The first-order valence-electron chi connectivity index (χ1n) is 7.84. The van der Waals surface area contributed by atoms with Gasteiger partial charge in [0.25, 0.3) is 0 Å². The highest BCUT2D eigenvalue weighted by molar-refractivity contribution is 5.95. The zero-order chi connectivity index (χ0) is 15.9. The summed E-state index contributed by atoms with van der Waals surface area (Å²) in [5.41, 5.74) is 2.29. The Hall–Kier alpha value is -1.88. The van der Waals surface area contributed by atoms with Gasteiger partial charge in [-0.2, -0.15) is 0 Å². The van der Waals surface area contributed by atoms with E-state index >= 15 is 0 Å². The van der Waals surface area contributed by atoms with Gasteiger partial charge >= 0.3 is 5.97 Å². The number of benzene rings is 1. The van der Waals surface area contributed by atoms with Gasteiger partial charge in [-0.25, -0.2) is 0 Å². The van der Waals surface area contributed by atoms with Crippen LogP contribution >= 0.6 is 0 Å². The molecule has 0 spiro atoms. The van der Waals surface area contributed by atoms with Crippen LogP contribution < -0.4 is 4.90 Å². The summed E-state index contributed by atoms with van der Waals surface area (Å²) < 4.78 is 4.90. The third-order valence-corrected chi connectivity index (χ3v) is 3.82. The molecule has 1 aliphatic rings. The number of ether oxygens (including phenoxy) is 1. The lowest BCUT2D eigenvalue weighted by Gasteiger charge is -2.19. The molecule has 5 nitrogen and oxygen atoms in total. The molecule has 2 rings (SSSR count). The predicted molar refractivity (Wildman–Crippen MR) is 85.9 cm³/mol. The summed E-state index contributed by atoms with van der Waals surface area (Å²) >= 11 is 0. The van der Waals surface area contributed by atoms with Crippen molar-refractivity contribution in [2.45, 2.75) is 26.2 Å². The van der Waals surface area contributed by atoms with E-state index < -0.39 is 0 Å². The fourth-order valence-corrected chi connectivity index (χ4v) is 2.74. The van der Waals surface area contributed by atoms with Crippen molar-refractivity contribution < 1.29 is 14.3 Å². The molecule has 1 aliphatic heterocycles. The zero-order valence-corrected chi connectivity index (χ0v) is 13.4. The third-order valence-electron chi connectivity index (χ3n) is 3.82. The highest BCUT2D eigenvalue weighted by atomic mass is 16.5. The van der Waals surface area contributed by atoms with Crippen LogP contribution in [-0.4, -0.2) is 50.1 Å². The molecule has 0 aliphatic carbocycles. The maximum absolute atomic E-state index is 12.3. The van der Waals surface area contributed by atoms with Gasteiger partial charge in [0.05, 0.1) is 13.2 Å². The maximum Gasteiger partial charge on any atom is 0.320 e. The van der Waals surface area contributed by atoms with Gasteiger partial charge in [0, 0.05) is 18.7 Å². The van der Waals surface area contributed by atoms with Crippen LogP contribution in [0.25, 0.3) is 0 Å². The number of carbonyl (C=O) groups excluding carboxylic acids is 2. The molecule has 0 aromatic heterocycles. The molecule has 0 radical (unpaired) electrons. The molecule has 5 heteroatoms. The van der Waals surface area contributed by atoms with Crippen LogP contribution in [0.15, 0.2) is 24.3 Å². The number of likely N-dealkylation sites (N-methyl/N-ethyl adjacent to an activating group) is 1. The molecule has 1 aromatic rings. The van der Waals surface area contributed by atoms with Crippen LogP contribution in [0.1, 0.15) is 25.3 Å². The van der Waals surface area contributed by atoms with E-state index in [4.69, 9.17) is 4.74 Å². The SMILES string of the molecule is CCOC(=O)CN(C)CCCC(=O)N1CCc2ccccc21. The second-order valence-electron chi connectivity index (χ2n) is 5.57. The first kappa shape index (κ1) is 16.5. The van der Waals surface area contributed by atoms with Gasteiger partial charge in [-0.05, 0) is 45.0 Å². The van der Waals surface area contributed by atoms with Crippen molar-refractivity contribution in [3.05, 3.63) is 29.8 Å². The van der Waals surface area contributed by atoms with Gasteiger partial charge in [-0.3, -0.25) is 14.5 Å². The second kappa shape index (κ2) is 7.94. The van der Waals surface area contributed by atoms with E-state index in [1.54, 1.807) is 6.92 Å². The molecule has 0 bridgehead atoms. The standard InChI is InChI=1S/C17H24N2O3/c1-3-22-17(21)13-18(2)11-6-9-16(20)19-12-10-14-7-4-5-8-15(14)19/h4-5,7-8H,3,6,9-13H2,1-2H3. The van der Waals surface area contributed by atoms with E-state index in [1.807, 2.05) is 35.0 Å². The topological polar surface area (TPSA) is 49.9 Å². The summed E-state index contributed by atoms with van der Waals surface area (Å²) in [5.74, 6) is -0.0562. The minimum atomic E-state index is -0.218. The molecule has 0 saturated heterocycles.